The third-order valence-electron chi connectivity index (χ3n) is 6.28. The van der Waals surface area contributed by atoms with Crippen LogP contribution in [0.2, 0.25) is 0 Å². The van der Waals surface area contributed by atoms with Gasteiger partial charge in [0.1, 0.15) is 0 Å². The van der Waals surface area contributed by atoms with Crippen LogP contribution in [0.3, 0.4) is 0 Å². The second-order valence-corrected chi connectivity index (χ2v) is 8.16. The lowest BCUT2D eigenvalue weighted by atomic mass is 9.67. The highest BCUT2D eigenvalue weighted by atomic mass is 16.3. The Morgan fingerprint density at radius 3 is 2.55 bits per heavy atom. The second-order valence-electron chi connectivity index (χ2n) is 8.16. The maximum absolute atomic E-state index is 12.6. The Balaban J connectivity index is 2.42. The summed E-state index contributed by atoms with van der Waals surface area (Å²) >= 11 is 0. The molecule has 1 N–H and O–H groups in total. The van der Waals surface area contributed by atoms with Gasteiger partial charge in [-0.3, -0.25) is 4.79 Å². The lowest BCUT2D eigenvalue weighted by Crippen LogP contribution is -2.44. The molecule has 2 nitrogen and oxygen atoms in total. The number of hydrogen-bond donors (Lipinski definition) is 1. The molecule has 0 heterocycles. The Hall–Kier alpha value is -0.890. The maximum atomic E-state index is 12.6. The SMILES string of the molecule is CC1=CC[C@@]2(C)CC[C@@](O)(C(C)C)[C@@H]2CC(=O)C(C)=CCC1. The van der Waals surface area contributed by atoms with Gasteiger partial charge in [0.15, 0.2) is 5.78 Å². The largest absolute Gasteiger partial charge is 0.389 e. The first-order valence-corrected chi connectivity index (χ1v) is 8.77. The van der Waals surface area contributed by atoms with Crippen LogP contribution in [0, 0.1) is 17.3 Å². The third-order valence-corrected chi connectivity index (χ3v) is 6.28. The van der Waals surface area contributed by atoms with E-state index in [1.54, 1.807) is 0 Å². The van der Waals surface area contributed by atoms with Gasteiger partial charge in [-0.1, -0.05) is 38.5 Å². The van der Waals surface area contributed by atoms with Gasteiger partial charge in [0.25, 0.3) is 0 Å². The van der Waals surface area contributed by atoms with Crippen molar-refractivity contribution in [2.45, 2.75) is 78.7 Å². The van der Waals surface area contributed by atoms with Crippen LogP contribution < -0.4 is 0 Å². The smallest absolute Gasteiger partial charge is 0.158 e. The number of allylic oxidation sites excluding steroid dienone is 4. The van der Waals surface area contributed by atoms with Crippen LogP contribution in [0.15, 0.2) is 23.3 Å². The summed E-state index contributed by atoms with van der Waals surface area (Å²) < 4.78 is 0. The number of carbonyl (C=O) groups excluding carboxylic acids is 1. The fourth-order valence-corrected chi connectivity index (χ4v) is 4.28. The Bertz CT molecular complexity index is 500. The van der Waals surface area contributed by atoms with Gasteiger partial charge >= 0.3 is 0 Å². The van der Waals surface area contributed by atoms with Crippen molar-refractivity contribution in [3.63, 3.8) is 0 Å². The summed E-state index contributed by atoms with van der Waals surface area (Å²) in [7, 11) is 0. The molecule has 2 aliphatic rings. The van der Waals surface area contributed by atoms with Crippen molar-refractivity contribution in [2.24, 2.45) is 17.3 Å². The van der Waals surface area contributed by atoms with Crippen LogP contribution in [0.25, 0.3) is 0 Å². The van der Waals surface area contributed by atoms with Gasteiger partial charge in [-0.05, 0) is 62.9 Å². The molecule has 22 heavy (non-hydrogen) atoms. The van der Waals surface area contributed by atoms with Gasteiger partial charge in [-0.15, -0.1) is 0 Å². The lowest BCUT2D eigenvalue weighted by molar-refractivity contribution is -0.122. The third kappa shape index (κ3) is 3.22. The van der Waals surface area contributed by atoms with Gasteiger partial charge in [0.05, 0.1) is 5.60 Å². The minimum Gasteiger partial charge on any atom is -0.389 e. The van der Waals surface area contributed by atoms with Gasteiger partial charge in [0.2, 0.25) is 0 Å². The molecule has 0 spiro atoms. The summed E-state index contributed by atoms with van der Waals surface area (Å²) in [6, 6.07) is 0. The summed E-state index contributed by atoms with van der Waals surface area (Å²) in [5, 5.41) is 11.3. The molecule has 0 saturated heterocycles. The molecule has 0 aromatic rings. The van der Waals surface area contributed by atoms with Crippen LogP contribution in [0.1, 0.15) is 73.1 Å². The Morgan fingerprint density at radius 1 is 1.23 bits per heavy atom. The zero-order chi connectivity index (χ0) is 16.5. The molecular formula is C20H32O2. The normalized spacial score (nSPS) is 37.4. The van der Waals surface area contributed by atoms with Crippen molar-refractivity contribution in [3.8, 4) is 0 Å². The monoisotopic (exact) mass is 304 g/mol. The summed E-state index contributed by atoms with van der Waals surface area (Å²) in [5.41, 5.74) is 1.59. The quantitative estimate of drug-likeness (QED) is 0.705. The van der Waals surface area contributed by atoms with Crippen molar-refractivity contribution in [2.75, 3.05) is 0 Å². The molecule has 3 atom stereocenters. The maximum Gasteiger partial charge on any atom is 0.158 e. The minimum absolute atomic E-state index is 0.0283. The molecule has 0 bridgehead atoms. The van der Waals surface area contributed by atoms with Gasteiger partial charge in [0, 0.05) is 12.3 Å². The molecule has 0 aliphatic heterocycles. The first-order chi connectivity index (χ1) is 10.2. The molecule has 2 aliphatic carbocycles. The Morgan fingerprint density at radius 2 is 1.91 bits per heavy atom. The molecule has 0 unspecified atom stereocenters. The second kappa shape index (κ2) is 6.31. The van der Waals surface area contributed by atoms with E-state index in [-0.39, 0.29) is 23.0 Å². The van der Waals surface area contributed by atoms with E-state index < -0.39 is 5.60 Å². The number of rotatable bonds is 1. The number of hydrogen-bond acceptors (Lipinski definition) is 2. The van der Waals surface area contributed by atoms with Crippen molar-refractivity contribution >= 4 is 5.78 Å². The molecule has 1 fully saturated rings. The number of ketones is 1. The molecular weight excluding hydrogens is 272 g/mol. The number of aliphatic hydroxyl groups is 1. The molecule has 0 amide bonds. The first kappa shape index (κ1) is 17.5. The average molecular weight is 304 g/mol. The van der Waals surface area contributed by atoms with Crippen molar-refractivity contribution in [3.05, 3.63) is 23.3 Å². The van der Waals surface area contributed by atoms with E-state index in [0.717, 1.165) is 37.7 Å². The summed E-state index contributed by atoms with van der Waals surface area (Å²) in [5.74, 6) is 0.460. The predicted molar refractivity (Wildman–Crippen MR) is 91.6 cm³/mol. The van der Waals surface area contributed by atoms with E-state index >= 15 is 0 Å². The van der Waals surface area contributed by atoms with Crippen LogP contribution in [-0.4, -0.2) is 16.5 Å². The van der Waals surface area contributed by atoms with E-state index in [2.05, 4.69) is 39.8 Å². The van der Waals surface area contributed by atoms with Crippen LogP contribution >= 0.6 is 0 Å². The summed E-state index contributed by atoms with van der Waals surface area (Å²) in [6.45, 7) is 10.6. The highest BCUT2D eigenvalue weighted by molar-refractivity contribution is 5.95. The van der Waals surface area contributed by atoms with Gasteiger partial charge in [-0.25, -0.2) is 0 Å². The first-order valence-electron chi connectivity index (χ1n) is 8.77. The van der Waals surface area contributed by atoms with E-state index in [1.165, 1.54) is 5.57 Å². The lowest BCUT2D eigenvalue weighted by Gasteiger charge is -2.40. The summed E-state index contributed by atoms with van der Waals surface area (Å²) in [6.07, 6.45) is 9.67. The molecule has 2 rings (SSSR count). The fourth-order valence-electron chi connectivity index (χ4n) is 4.28. The summed E-state index contributed by atoms with van der Waals surface area (Å²) in [4.78, 5) is 12.6. The van der Waals surface area contributed by atoms with Crippen molar-refractivity contribution in [1.29, 1.82) is 0 Å². The van der Waals surface area contributed by atoms with Crippen molar-refractivity contribution in [1.82, 2.24) is 0 Å². The standard InChI is InChI=1S/C20H32O2/c1-14(2)20(22)12-11-19(5)10-9-15(3)7-6-8-16(4)17(21)13-18(19)20/h8-9,14,18,22H,6-7,10-13H2,1-5H3/t18-,19+,20-/m1/s1. The van der Waals surface area contributed by atoms with E-state index in [9.17, 15) is 9.90 Å². The minimum atomic E-state index is -0.708. The molecule has 1 saturated carbocycles. The molecule has 124 valence electrons. The van der Waals surface area contributed by atoms with E-state index in [1.807, 2.05) is 6.92 Å². The molecule has 2 heteroatoms. The van der Waals surface area contributed by atoms with E-state index in [0.29, 0.717) is 6.42 Å². The van der Waals surface area contributed by atoms with E-state index in [4.69, 9.17) is 0 Å². The van der Waals surface area contributed by atoms with Gasteiger partial charge in [-0.2, -0.15) is 0 Å². The predicted octanol–water partition coefficient (Wildman–Crippen LogP) is 4.83. The van der Waals surface area contributed by atoms with Crippen LogP contribution in [0.4, 0.5) is 0 Å². The molecule has 0 radical (unpaired) electrons. The van der Waals surface area contributed by atoms with Gasteiger partial charge < -0.3 is 5.11 Å². The van der Waals surface area contributed by atoms with Crippen LogP contribution in [0.5, 0.6) is 0 Å². The average Bonchev–Trinajstić information content (AvgIpc) is 2.70. The zero-order valence-corrected chi connectivity index (χ0v) is 14.9. The fraction of sp³-hybridized carbons (Fsp3) is 0.750. The Labute approximate surface area is 135 Å². The molecule has 0 aromatic heterocycles. The highest BCUT2D eigenvalue weighted by Crippen LogP contribution is 2.56. The van der Waals surface area contributed by atoms with Crippen LogP contribution in [-0.2, 0) is 4.79 Å². The number of carbonyl (C=O) groups is 1. The number of Topliss-reactive ketones (excluding diaryl/α,β-unsaturated/α-hetero) is 1. The number of fused-ring (bicyclic) bond motifs is 1. The highest BCUT2D eigenvalue weighted by Gasteiger charge is 2.55. The van der Waals surface area contributed by atoms with Crippen molar-refractivity contribution < 1.29 is 9.90 Å². The Kier molecular flexibility index (Phi) is 5.01. The molecule has 0 aromatic carbocycles. The topological polar surface area (TPSA) is 37.3 Å². The zero-order valence-electron chi connectivity index (χ0n) is 14.9.